The van der Waals surface area contributed by atoms with Gasteiger partial charge in [0.05, 0.1) is 19.3 Å². The van der Waals surface area contributed by atoms with Crippen molar-refractivity contribution < 1.29 is 14.6 Å². The molecule has 2 amide bonds. The number of aliphatic hydroxyl groups excluding tert-OH is 1. The molecule has 0 aliphatic heterocycles. The summed E-state index contributed by atoms with van der Waals surface area (Å²) >= 11 is 0. The van der Waals surface area contributed by atoms with Crippen molar-refractivity contribution in [1.29, 1.82) is 0 Å². The van der Waals surface area contributed by atoms with Crippen LogP contribution in [0.5, 0.6) is 5.88 Å². The average Bonchev–Trinajstić information content (AvgIpc) is 2.88. The molecule has 104 valence electrons. The standard InChI is InChI=1S/C13H19N3O3/c1-19-11-10(5-4-8-14-11)15-12(18)16-13(9-17)6-2-3-7-13/h4-5,8,17H,2-3,6-7,9H2,1H3,(H2,15,16,18). The fraction of sp³-hybridized carbons (Fsp3) is 0.538. The van der Waals surface area contributed by atoms with E-state index in [9.17, 15) is 9.90 Å². The summed E-state index contributed by atoms with van der Waals surface area (Å²) < 4.78 is 5.06. The fourth-order valence-corrected chi connectivity index (χ4v) is 2.42. The number of amides is 2. The van der Waals surface area contributed by atoms with Crippen LogP contribution in [0.15, 0.2) is 18.3 Å². The molecule has 0 saturated heterocycles. The van der Waals surface area contributed by atoms with E-state index in [4.69, 9.17) is 4.74 Å². The maximum atomic E-state index is 12.0. The third kappa shape index (κ3) is 3.14. The van der Waals surface area contributed by atoms with Gasteiger partial charge in [-0.3, -0.25) is 0 Å². The molecule has 19 heavy (non-hydrogen) atoms. The lowest BCUT2D eigenvalue weighted by molar-refractivity contribution is 0.167. The number of anilines is 1. The van der Waals surface area contributed by atoms with Gasteiger partial charge in [0.2, 0.25) is 5.88 Å². The minimum Gasteiger partial charge on any atom is -0.480 e. The van der Waals surface area contributed by atoms with Crippen molar-refractivity contribution in [3.05, 3.63) is 18.3 Å². The number of hydrogen-bond donors (Lipinski definition) is 3. The van der Waals surface area contributed by atoms with Gasteiger partial charge in [0.15, 0.2) is 0 Å². The first-order chi connectivity index (χ1) is 9.19. The van der Waals surface area contributed by atoms with Crippen LogP contribution >= 0.6 is 0 Å². The van der Waals surface area contributed by atoms with Crippen molar-refractivity contribution in [3.8, 4) is 5.88 Å². The largest absolute Gasteiger partial charge is 0.480 e. The summed E-state index contributed by atoms with van der Waals surface area (Å²) in [4.78, 5) is 16.0. The molecule has 1 aliphatic rings. The van der Waals surface area contributed by atoms with Gasteiger partial charge in [-0.05, 0) is 25.0 Å². The molecule has 1 heterocycles. The molecule has 6 nitrogen and oxygen atoms in total. The van der Waals surface area contributed by atoms with Crippen molar-refractivity contribution in [1.82, 2.24) is 10.3 Å². The Kier molecular flexibility index (Phi) is 4.21. The normalized spacial score (nSPS) is 16.9. The number of carbonyl (C=O) groups excluding carboxylic acids is 1. The summed E-state index contributed by atoms with van der Waals surface area (Å²) in [5.74, 6) is 0.363. The summed E-state index contributed by atoms with van der Waals surface area (Å²) in [6.07, 6.45) is 5.25. The maximum absolute atomic E-state index is 12.0. The predicted octanol–water partition coefficient (Wildman–Crippen LogP) is 1.52. The van der Waals surface area contributed by atoms with E-state index in [1.165, 1.54) is 7.11 Å². The number of pyridine rings is 1. The molecule has 1 aliphatic carbocycles. The number of carbonyl (C=O) groups is 1. The van der Waals surface area contributed by atoms with Crippen LogP contribution in [-0.2, 0) is 0 Å². The highest BCUT2D eigenvalue weighted by atomic mass is 16.5. The zero-order valence-electron chi connectivity index (χ0n) is 11.0. The Hall–Kier alpha value is -1.82. The second kappa shape index (κ2) is 5.88. The molecule has 0 atom stereocenters. The van der Waals surface area contributed by atoms with Crippen molar-refractivity contribution in [2.24, 2.45) is 0 Å². The van der Waals surface area contributed by atoms with Gasteiger partial charge in [0, 0.05) is 6.20 Å². The van der Waals surface area contributed by atoms with Crippen LogP contribution in [0.3, 0.4) is 0 Å². The van der Waals surface area contributed by atoms with Crippen LogP contribution in [-0.4, -0.2) is 35.4 Å². The van der Waals surface area contributed by atoms with E-state index in [0.717, 1.165) is 25.7 Å². The van der Waals surface area contributed by atoms with Crippen LogP contribution in [0.2, 0.25) is 0 Å². The molecule has 0 spiro atoms. The van der Waals surface area contributed by atoms with Crippen LogP contribution in [0.1, 0.15) is 25.7 Å². The Bertz CT molecular complexity index is 445. The number of methoxy groups -OCH3 is 1. The monoisotopic (exact) mass is 265 g/mol. The minimum absolute atomic E-state index is 0.0371. The average molecular weight is 265 g/mol. The molecule has 0 aromatic carbocycles. The van der Waals surface area contributed by atoms with Crippen molar-refractivity contribution in [2.45, 2.75) is 31.2 Å². The van der Waals surface area contributed by atoms with E-state index in [0.29, 0.717) is 11.6 Å². The molecule has 6 heteroatoms. The van der Waals surface area contributed by atoms with Gasteiger partial charge in [0.1, 0.15) is 5.69 Å². The van der Waals surface area contributed by atoms with E-state index in [1.807, 2.05) is 0 Å². The van der Waals surface area contributed by atoms with Crippen molar-refractivity contribution in [3.63, 3.8) is 0 Å². The quantitative estimate of drug-likeness (QED) is 0.770. The molecular formula is C13H19N3O3. The number of aromatic nitrogens is 1. The highest BCUT2D eigenvalue weighted by Crippen LogP contribution is 2.29. The number of nitrogens with one attached hydrogen (secondary N) is 2. The van der Waals surface area contributed by atoms with Crippen molar-refractivity contribution in [2.75, 3.05) is 19.0 Å². The number of ether oxygens (including phenoxy) is 1. The number of rotatable bonds is 4. The maximum Gasteiger partial charge on any atom is 0.319 e. The van der Waals surface area contributed by atoms with Crippen LogP contribution in [0.25, 0.3) is 0 Å². The molecule has 0 radical (unpaired) electrons. The molecule has 1 fully saturated rings. The lowest BCUT2D eigenvalue weighted by atomic mass is 9.99. The van der Waals surface area contributed by atoms with Gasteiger partial charge in [-0.25, -0.2) is 9.78 Å². The smallest absolute Gasteiger partial charge is 0.319 e. The van der Waals surface area contributed by atoms with Gasteiger partial charge >= 0.3 is 6.03 Å². The second-order valence-corrected chi connectivity index (χ2v) is 4.78. The van der Waals surface area contributed by atoms with Gasteiger partial charge < -0.3 is 20.5 Å². The molecular weight excluding hydrogens is 246 g/mol. The zero-order chi connectivity index (χ0) is 13.7. The highest BCUT2D eigenvalue weighted by Gasteiger charge is 2.34. The van der Waals surface area contributed by atoms with Crippen molar-refractivity contribution >= 4 is 11.7 Å². The summed E-state index contributed by atoms with van der Waals surface area (Å²) in [7, 11) is 1.50. The topological polar surface area (TPSA) is 83.5 Å². The van der Waals surface area contributed by atoms with Crippen LogP contribution < -0.4 is 15.4 Å². The lowest BCUT2D eigenvalue weighted by Crippen LogP contribution is -2.50. The van der Waals surface area contributed by atoms with E-state index < -0.39 is 5.54 Å². The molecule has 0 bridgehead atoms. The van der Waals surface area contributed by atoms with Gasteiger partial charge in [-0.1, -0.05) is 12.8 Å². The number of urea groups is 1. The molecule has 3 N–H and O–H groups in total. The van der Waals surface area contributed by atoms with E-state index in [-0.39, 0.29) is 12.6 Å². The SMILES string of the molecule is COc1ncccc1NC(=O)NC1(CO)CCCC1. The van der Waals surface area contributed by atoms with Gasteiger partial charge in [0.25, 0.3) is 0 Å². The Balaban J connectivity index is 2.01. The second-order valence-electron chi connectivity index (χ2n) is 4.78. The Morgan fingerprint density at radius 2 is 2.26 bits per heavy atom. The molecule has 1 aromatic heterocycles. The number of nitrogens with zero attached hydrogens (tertiary/aromatic N) is 1. The Morgan fingerprint density at radius 3 is 2.89 bits per heavy atom. The van der Waals surface area contributed by atoms with Crippen LogP contribution in [0.4, 0.5) is 10.5 Å². The third-order valence-corrected chi connectivity index (χ3v) is 3.45. The Labute approximate surface area is 112 Å². The number of aliphatic hydroxyl groups is 1. The summed E-state index contributed by atoms with van der Waals surface area (Å²) in [5, 5.41) is 15.0. The Morgan fingerprint density at radius 1 is 1.53 bits per heavy atom. The van der Waals surface area contributed by atoms with Gasteiger partial charge in [-0.2, -0.15) is 0 Å². The van der Waals surface area contributed by atoms with Crippen LogP contribution in [0, 0.1) is 0 Å². The van der Waals surface area contributed by atoms with Gasteiger partial charge in [-0.15, -0.1) is 0 Å². The molecule has 2 rings (SSSR count). The summed E-state index contributed by atoms with van der Waals surface area (Å²) in [6, 6.07) is 3.09. The highest BCUT2D eigenvalue weighted by molar-refractivity contribution is 5.91. The molecule has 1 saturated carbocycles. The third-order valence-electron chi connectivity index (χ3n) is 3.45. The summed E-state index contributed by atoms with van der Waals surface area (Å²) in [5.41, 5.74) is 0.0214. The van der Waals surface area contributed by atoms with E-state index in [1.54, 1.807) is 18.3 Å². The molecule has 0 unspecified atom stereocenters. The molecule has 1 aromatic rings. The van der Waals surface area contributed by atoms with E-state index >= 15 is 0 Å². The first kappa shape index (κ1) is 13.6. The summed E-state index contributed by atoms with van der Waals surface area (Å²) in [6.45, 7) is -0.0371. The first-order valence-corrected chi connectivity index (χ1v) is 6.38. The predicted molar refractivity (Wildman–Crippen MR) is 71.2 cm³/mol. The minimum atomic E-state index is -0.487. The fourth-order valence-electron chi connectivity index (χ4n) is 2.42. The lowest BCUT2D eigenvalue weighted by Gasteiger charge is -2.28. The zero-order valence-corrected chi connectivity index (χ0v) is 11.0. The van der Waals surface area contributed by atoms with E-state index in [2.05, 4.69) is 15.6 Å². The first-order valence-electron chi connectivity index (χ1n) is 6.38. The number of hydrogen-bond acceptors (Lipinski definition) is 4.